The minimum Gasteiger partial charge on any atom is -0.480 e. The van der Waals surface area contributed by atoms with Gasteiger partial charge < -0.3 is 20.1 Å². The zero-order valence-corrected chi connectivity index (χ0v) is 13.2. The Bertz CT molecular complexity index is 394. The molecular weight excluding hydrogens is 274 g/mol. The summed E-state index contributed by atoms with van der Waals surface area (Å²) in [6.45, 7) is 5.67. The highest BCUT2D eigenvalue weighted by Gasteiger charge is 2.17. The van der Waals surface area contributed by atoms with Gasteiger partial charge in [0.1, 0.15) is 0 Å². The van der Waals surface area contributed by atoms with Crippen molar-refractivity contribution in [2.45, 2.75) is 38.3 Å². The third-order valence-electron chi connectivity index (χ3n) is 3.80. The Balaban J connectivity index is 1.73. The molecule has 0 saturated carbocycles. The van der Waals surface area contributed by atoms with Gasteiger partial charge in [0.25, 0.3) is 0 Å². The SMILES string of the molecule is COc1nscc1C(C)NCC(O)CN1CCCCC1. The Morgan fingerprint density at radius 1 is 1.45 bits per heavy atom. The number of ether oxygens (including phenoxy) is 1. The Hall–Kier alpha value is -0.690. The molecule has 20 heavy (non-hydrogen) atoms. The molecular formula is C14H25N3O2S. The first-order valence-electron chi connectivity index (χ1n) is 7.32. The molecule has 0 amide bonds. The highest BCUT2D eigenvalue weighted by atomic mass is 32.1. The third-order valence-corrected chi connectivity index (χ3v) is 4.43. The maximum absolute atomic E-state index is 10.1. The number of hydrogen-bond donors (Lipinski definition) is 2. The van der Waals surface area contributed by atoms with Crippen LogP contribution in [0.15, 0.2) is 5.38 Å². The first-order valence-corrected chi connectivity index (χ1v) is 8.16. The van der Waals surface area contributed by atoms with Crippen molar-refractivity contribution in [2.75, 3.05) is 33.3 Å². The predicted octanol–water partition coefficient (Wildman–Crippen LogP) is 1.65. The lowest BCUT2D eigenvalue weighted by molar-refractivity contribution is 0.0982. The molecule has 0 spiro atoms. The molecule has 0 radical (unpaired) electrons. The molecule has 2 rings (SSSR count). The van der Waals surface area contributed by atoms with E-state index in [2.05, 4.69) is 21.5 Å². The first-order chi connectivity index (χ1) is 9.70. The number of hydrogen-bond acceptors (Lipinski definition) is 6. The van der Waals surface area contributed by atoms with E-state index >= 15 is 0 Å². The summed E-state index contributed by atoms with van der Waals surface area (Å²) >= 11 is 1.40. The topological polar surface area (TPSA) is 57.6 Å². The molecule has 1 aliphatic heterocycles. The quantitative estimate of drug-likeness (QED) is 0.802. The van der Waals surface area contributed by atoms with Crippen LogP contribution in [0, 0.1) is 0 Å². The molecule has 114 valence electrons. The van der Waals surface area contributed by atoms with Crippen molar-refractivity contribution < 1.29 is 9.84 Å². The summed E-state index contributed by atoms with van der Waals surface area (Å²) in [5.74, 6) is 0.681. The van der Waals surface area contributed by atoms with Gasteiger partial charge in [0.2, 0.25) is 5.88 Å². The predicted molar refractivity (Wildman–Crippen MR) is 81.4 cm³/mol. The van der Waals surface area contributed by atoms with Crippen LogP contribution in [0.1, 0.15) is 37.8 Å². The van der Waals surface area contributed by atoms with E-state index in [1.807, 2.05) is 5.38 Å². The number of piperidine rings is 1. The van der Waals surface area contributed by atoms with E-state index in [0.29, 0.717) is 12.4 Å². The third kappa shape index (κ3) is 4.41. The first kappa shape index (κ1) is 15.7. The van der Waals surface area contributed by atoms with Gasteiger partial charge in [0, 0.05) is 30.1 Å². The van der Waals surface area contributed by atoms with Crippen molar-refractivity contribution in [1.82, 2.24) is 14.6 Å². The van der Waals surface area contributed by atoms with Gasteiger partial charge in [-0.25, -0.2) is 0 Å². The lowest BCUT2D eigenvalue weighted by Crippen LogP contribution is -2.41. The largest absolute Gasteiger partial charge is 0.480 e. The molecule has 0 aromatic carbocycles. The normalized spacial score (nSPS) is 19.8. The van der Waals surface area contributed by atoms with Crippen LogP contribution in [0.4, 0.5) is 0 Å². The maximum atomic E-state index is 10.1. The second kappa shape index (κ2) is 7.93. The second-order valence-corrected chi connectivity index (χ2v) is 6.05. The number of aliphatic hydroxyl groups excluding tert-OH is 1. The molecule has 2 heterocycles. The van der Waals surface area contributed by atoms with Gasteiger partial charge in [-0.2, -0.15) is 4.37 Å². The van der Waals surface area contributed by atoms with E-state index in [1.54, 1.807) is 7.11 Å². The minimum atomic E-state index is -0.326. The molecule has 2 atom stereocenters. The molecule has 1 aromatic rings. The van der Waals surface area contributed by atoms with Crippen LogP contribution >= 0.6 is 11.5 Å². The summed E-state index contributed by atoms with van der Waals surface area (Å²) in [7, 11) is 1.64. The number of likely N-dealkylation sites (tertiary alicyclic amines) is 1. The standard InChI is InChI=1S/C14H25N3O2S/c1-11(13-10-20-16-14(13)19-2)15-8-12(18)9-17-6-4-3-5-7-17/h10-12,15,18H,3-9H2,1-2H3. The summed E-state index contributed by atoms with van der Waals surface area (Å²) in [5, 5.41) is 15.5. The van der Waals surface area contributed by atoms with Crippen LogP contribution < -0.4 is 10.1 Å². The molecule has 0 aliphatic carbocycles. The highest BCUT2D eigenvalue weighted by Crippen LogP contribution is 2.25. The summed E-state index contributed by atoms with van der Waals surface area (Å²) in [5.41, 5.74) is 1.06. The average molecular weight is 299 g/mol. The minimum absolute atomic E-state index is 0.139. The molecule has 2 unspecified atom stereocenters. The summed E-state index contributed by atoms with van der Waals surface area (Å²) < 4.78 is 9.41. The number of aliphatic hydroxyl groups is 1. The van der Waals surface area contributed by atoms with Gasteiger partial charge >= 0.3 is 0 Å². The lowest BCUT2D eigenvalue weighted by Gasteiger charge is -2.29. The number of nitrogens with one attached hydrogen (secondary N) is 1. The van der Waals surface area contributed by atoms with Crippen molar-refractivity contribution in [3.05, 3.63) is 10.9 Å². The van der Waals surface area contributed by atoms with E-state index in [0.717, 1.165) is 25.2 Å². The molecule has 1 aromatic heterocycles. The Labute approximate surface area is 125 Å². The monoisotopic (exact) mass is 299 g/mol. The van der Waals surface area contributed by atoms with Gasteiger partial charge in [-0.1, -0.05) is 6.42 Å². The Morgan fingerprint density at radius 3 is 2.90 bits per heavy atom. The number of aromatic nitrogens is 1. The van der Waals surface area contributed by atoms with E-state index in [9.17, 15) is 5.11 Å². The zero-order chi connectivity index (χ0) is 14.4. The molecule has 0 bridgehead atoms. The molecule has 6 heteroatoms. The Morgan fingerprint density at radius 2 is 2.20 bits per heavy atom. The van der Waals surface area contributed by atoms with Crippen molar-refractivity contribution in [3.8, 4) is 5.88 Å². The van der Waals surface area contributed by atoms with E-state index in [1.165, 1.54) is 30.8 Å². The van der Waals surface area contributed by atoms with Crippen LogP contribution in [-0.2, 0) is 0 Å². The van der Waals surface area contributed by atoms with Gasteiger partial charge in [-0.15, -0.1) is 0 Å². The highest BCUT2D eigenvalue weighted by molar-refractivity contribution is 7.03. The fourth-order valence-electron chi connectivity index (χ4n) is 2.60. The fourth-order valence-corrected chi connectivity index (χ4v) is 3.35. The lowest BCUT2D eigenvalue weighted by atomic mass is 10.1. The van der Waals surface area contributed by atoms with Crippen molar-refractivity contribution >= 4 is 11.5 Å². The number of nitrogens with zero attached hydrogens (tertiary/aromatic N) is 2. The fraction of sp³-hybridized carbons (Fsp3) is 0.786. The average Bonchev–Trinajstić information content (AvgIpc) is 2.94. The second-order valence-electron chi connectivity index (χ2n) is 5.42. The van der Waals surface area contributed by atoms with Crippen molar-refractivity contribution in [3.63, 3.8) is 0 Å². The summed E-state index contributed by atoms with van der Waals surface area (Å²) in [4.78, 5) is 2.35. The number of methoxy groups -OCH3 is 1. The number of β-amino-alcohol motifs (C(OH)–C–C–N with tert-alkyl or cyclic N) is 1. The van der Waals surface area contributed by atoms with Crippen molar-refractivity contribution in [2.24, 2.45) is 0 Å². The van der Waals surface area contributed by atoms with Crippen molar-refractivity contribution in [1.29, 1.82) is 0 Å². The maximum Gasteiger partial charge on any atom is 0.229 e. The van der Waals surface area contributed by atoms with Gasteiger partial charge in [-0.05, 0) is 44.4 Å². The van der Waals surface area contributed by atoms with E-state index in [-0.39, 0.29) is 12.1 Å². The van der Waals surface area contributed by atoms with Crippen LogP contribution in [0.5, 0.6) is 5.88 Å². The van der Waals surface area contributed by atoms with Crippen LogP contribution in [0.25, 0.3) is 0 Å². The van der Waals surface area contributed by atoms with Gasteiger partial charge in [-0.3, -0.25) is 0 Å². The molecule has 2 N–H and O–H groups in total. The molecule has 5 nitrogen and oxygen atoms in total. The van der Waals surface area contributed by atoms with Crippen LogP contribution in [-0.4, -0.2) is 53.8 Å². The smallest absolute Gasteiger partial charge is 0.229 e. The zero-order valence-electron chi connectivity index (χ0n) is 12.3. The van der Waals surface area contributed by atoms with Crippen LogP contribution in [0.3, 0.4) is 0 Å². The summed E-state index contributed by atoms with van der Waals surface area (Å²) in [6.07, 6.45) is 3.52. The van der Waals surface area contributed by atoms with E-state index < -0.39 is 0 Å². The van der Waals surface area contributed by atoms with Gasteiger partial charge in [0.15, 0.2) is 0 Å². The van der Waals surface area contributed by atoms with E-state index in [4.69, 9.17) is 4.74 Å². The molecule has 1 fully saturated rings. The molecule has 1 saturated heterocycles. The molecule has 1 aliphatic rings. The summed E-state index contributed by atoms with van der Waals surface area (Å²) in [6, 6.07) is 0.139. The Kier molecular flexibility index (Phi) is 6.22. The van der Waals surface area contributed by atoms with Gasteiger partial charge in [0.05, 0.1) is 13.2 Å². The van der Waals surface area contributed by atoms with Crippen LogP contribution in [0.2, 0.25) is 0 Å². The number of rotatable bonds is 7.